The average molecular weight is 154 g/mol. The van der Waals surface area contributed by atoms with E-state index in [4.69, 9.17) is 9.15 Å². The van der Waals surface area contributed by atoms with E-state index in [-0.39, 0.29) is 6.61 Å². The standard InChI is InChI=1S/C8H10O3/c9-4-7-10-6-3-8-2-1-5-11-8/h1-2,4-5H,3,6-7H2. The monoisotopic (exact) mass is 154 g/mol. The number of carbonyl (C=O) groups excluding carboxylic acids is 1. The van der Waals surface area contributed by atoms with Gasteiger partial charge in [-0.05, 0) is 12.1 Å². The van der Waals surface area contributed by atoms with Crippen molar-refractivity contribution in [3.05, 3.63) is 24.2 Å². The maximum Gasteiger partial charge on any atom is 0.145 e. The lowest BCUT2D eigenvalue weighted by atomic mass is 10.3. The van der Waals surface area contributed by atoms with Crippen molar-refractivity contribution in [2.24, 2.45) is 0 Å². The van der Waals surface area contributed by atoms with Crippen LogP contribution in [0.3, 0.4) is 0 Å². The lowest BCUT2D eigenvalue weighted by Gasteiger charge is -1.95. The molecule has 0 aliphatic rings. The van der Waals surface area contributed by atoms with Gasteiger partial charge in [0.15, 0.2) is 0 Å². The molecule has 0 aliphatic heterocycles. The Labute approximate surface area is 65.0 Å². The van der Waals surface area contributed by atoms with Crippen molar-refractivity contribution in [2.45, 2.75) is 6.42 Å². The molecular formula is C8H10O3. The normalized spacial score (nSPS) is 9.82. The van der Waals surface area contributed by atoms with Crippen molar-refractivity contribution in [1.82, 2.24) is 0 Å². The van der Waals surface area contributed by atoms with Crippen LogP contribution in [0.5, 0.6) is 0 Å². The highest BCUT2D eigenvalue weighted by Gasteiger charge is 1.93. The van der Waals surface area contributed by atoms with E-state index >= 15 is 0 Å². The van der Waals surface area contributed by atoms with Gasteiger partial charge in [-0.25, -0.2) is 0 Å². The molecule has 3 nitrogen and oxygen atoms in total. The fraction of sp³-hybridized carbons (Fsp3) is 0.375. The van der Waals surface area contributed by atoms with E-state index in [9.17, 15) is 4.79 Å². The molecule has 1 aromatic rings. The molecule has 0 bridgehead atoms. The molecule has 1 heterocycles. The van der Waals surface area contributed by atoms with E-state index in [1.807, 2.05) is 12.1 Å². The summed E-state index contributed by atoms with van der Waals surface area (Å²) >= 11 is 0. The van der Waals surface area contributed by atoms with Gasteiger partial charge in [-0.2, -0.15) is 0 Å². The van der Waals surface area contributed by atoms with E-state index in [2.05, 4.69) is 0 Å². The molecule has 0 aliphatic carbocycles. The first-order valence-electron chi connectivity index (χ1n) is 3.47. The molecule has 11 heavy (non-hydrogen) atoms. The first kappa shape index (κ1) is 8.01. The number of rotatable bonds is 5. The van der Waals surface area contributed by atoms with Crippen LogP contribution in [0.2, 0.25) is 0 Å². The maximum atomic E-state index is 9.82. The predicted molar refractivity (Wildman–Crippen MR) is 39.3 cm³/mol. The van der Waals surface area contributed by atoms with E-state index in [1.54, 1.807) is 6.26 Å². The number of carbonyl (C=O) groups is 1. The Hall–Kier alpha value is -1.09. The largest absolute Gasteiger partial charge is 0.469 e. The van der Waals surface area contributed by atoms with Gasteiger partial charge in [0.1, 0.15) is 18.7 Å². The fourth-order valence-corrected chi connectivity index (χ4v) is 0.759. The minimum Gasteiger partial charge on any atom is -0.469 e. The van der Waals surface area contributed by atoms with Gasteiger partial charge in [0.2, 0.25) is 0 Å². The van der Waals surface area contributed by atoms with Gasteiger partial charge < -0.3 is 13.9 Å². The van der Waals surface area contributed by atoms with E-state index < -0.39 is 0 Å². The van der Waals surface area contributed by atoms with E-state index in [1.165, 1.54) is 0 Å². The van der Waals surface area contributed by atoms with Crippen LogP contribution < -0.4 is 0 Å². The first-order chi connectivity index (χ1) is 5.43. The van der Waals surface area contributed by atoms with Gasteiger partial charge in [-0.3, -0.25) is 0 Å². The second-order valence-electron chi connectivity index (χ2n) is 2.07. The van der Waals surface area contributed by atoms with Crippen molar-refractivity contribution >= 4 is 6.29 Å². The predicted octanol–water partition coefficient (Wildman–Crippen LogP) is 1.04. The minimum absolute atomic E-state index is 0.167. The maximum absolute atomic E-state index is 9.82. The SMILES string of the molecule is O=CCOCCc1ccco1. The van der Waals surface area contributed by atoms with Crippen molar-refractivity contribution < 1.29 is 13.9 Å². The number of aldehydes is 1. The molecule has 60 valence electrons. The fourth-order valence-electron chi connectivity index (χ4n) is 0.759. The summed E-state index contributed by atoms with van der Waals surface area (Å²) in [5.74, 6) is 0.885. The summed E-state index contributed by atoms with van der Waals surface area (Å²) in [5, 5.41) is 0. The smallest absolute Gasteiger partial charge is 0.145 e. The second kappa shape index (κ2) is 4.68. The third kappa shape index (κ3) is 3.00. The molecule has 0 atom stereocenters. The molecule has 0 saturated carbocycles. The number of furan rings is 1. The number of hydrogen-bond donors (Lipinski definition) is 0. The third-order valence-corrected chi connectivity index (χ3v) is 1.26. The highest BCUT2D eigenvalue weighted by atomic mass is 16.5. The highest BCUT2D eigenvalue weighted by Crippen LogP contribution is 2.00. The van der Waals surface area contributed by atoms with Gasteiger partial charge in [0.25, 0.3) is 0 Å². The Balaban J connectivity index is 2.09. The van der Waals surface area contributed by atoms with E-state index in [0.717, 1.165) is 18.5 Å². The van der Waals surface area contributed by atoms with Crippen LogP contribution in [0.25, 0.3) is 0 Å². The minimum atomic E-state index is 0.167. The van der Waals surface area contributed by atoms with Crippen LogP contribution >= 0.6 is 0 Å². The molecule has 1 aromatic heterocycles. The molecule has 1 rings (SSSR count). The summed E-state index contributed by atoms with van der Waals surface area (Å²) in [7, 11) is 0. The molecule has 0 amide bonds. The zero-order chi connectivity index (χ0) is 7.94. The lowest BCUT2D eigenvalue weighted by Crippen LogP contribution is -1.99. The summed E-state index contributed by atoms with van der Waals surface area (Å²) in [6.45, 7) is 0.701. The van der Waals surface area contributed by atoms with Crippen LogP contribution in [-0.2, 0) is 16.0 Å². The van der Waals surface area contributed by atoms with Crippen LogP contribution in [0.4, 0.5) is 0 Å². The van der Waals surface area contributed by atoms with Crippen molar-refractivity contribution in [3.8, 4) is 0 Å². The van der Waals surface area contributed by atoms with Gasteiger partial charge in [0, 0.05) is 6.42 Å². The Morgan fingerprint density at radius 1 is 1.64 bits per heavy atom. The molecule has 0 radical (unpaired) electrons. The Morgan fingerprint density at radius 3 is 3.18 bits per heavy atom. The summed E-state index contributed by atoms with van der Waals surface area (Å²) in [5.41, 5.74) is 0. The number of hydrogen-bond acceptors (Lipinski definition) is 3. The molecule has 3 heteroatoms. The van der Waals surface area contributed by atoms with Crippen LogP contribution in [0, 0.1) is 0 Å². The van der Waals surface area contributed by atoms with Crippen LogP contribution in [0.15, 0.2) is 22.8 Å². The molecule has 0 N–H and O–H groups in total. The summed E-state index contributed by atoms with van der Waals surface area (Å²) in [6.07, 6.45) is 3.08. The quantitative estimate of drug-likeness (QED) is 0.470. The molecule has 0 unspecified atom stereocenters. The molecule has 0 fully saturated rings. The molecule has 0 aromatic carbocycles. The molecular weight excluding hydrogens is 144 g/mol. The van der Waals surface area contributed by atoms with Crippen LogP contribution in [-0.4, -0.2) is 19.5 Å². The van der Waals surface area contributed by atoms with Crippen molar-refractivity contribution in [1.29, 1.82) is 0 Å². The average Bonchev–Trinajstić information content (AvgIpc) is 2.50. The first-order valence-corrected chi connectivity index (χ1v) is 3.47. The van der Waals surface area contributed by atoms with Crippen LogP contribution in [0.1, 0.15) is 5.76 Å². The topological polar surface area (TPSA) is 39.4 Å². The summed E-state index contributed by atoms with van der Waals surface area (Å²) in [6, 6.07) is 3.71. The number of ether oxygens (including phenoxy) is 1. The van der Waals surface area contributed by atoms with Gasteiger partial charge in [-0.15, -0.1) is 0 Å². The zero-order valence-corrected chi connectivity index (χ0v) is 6.16. The van der Waals surface area contributed by atoms with Gasteiger partial charge >= 0.3 is 0 Å². The Morgan fingerprint density at radius 2 is 2.55 bits per heavy atom. The molecule has 0 spiro atoms. The third-order valence-electron chi connectivity index (χ3n) is 1.26. The lowest BCUT2D eigenvalue weighted by molar-refractivity contribution is -0.111. The molecule has 0 saturated heterocycles. The van der Waals surface area contributed by atoms with Gasteiger partial charge in [-0.1, -0.05) is 0 Å². The highest BCUT2D eigenvalue weighted by molar-refractivity contribution is 5.50. The Kier molecular flexibility index (Phi) is 3.41. The summed E-state index contributed by atoms with van der Waals surface area (Å²) in [4.78, 5) is 9.82. The zero-order valence-electron chi connectivity index (χ0n) is 6.16. The Bertz CT molecular complexity index is 191. The summed E-state index contributed by atoms with van der Waals surface area (Å²) < 4.78 is 9.97. The second-order valence-corrected chi connectivity index (χ2v) is 2.07. The van der Waals surface area contributed by atoms with Gasteiger partial charge in [0.05, 0.1) is 12.9 Å². The van der Waals surface area contributed by atoms with E-state index in [0.29, 0.717) is 6.61 Å². The van der Waals surface area contributed by atoms with Crippen molar-refractivity contribution in [3.63, 3.8) is 0 Å². The van der Waals surface area contributed by atoms with Crippen molar-refractivity contribution in [2.75, 3.05) is 13.2 Å².